The van der Waals surface area contributed by atoms with E-state index >= 15 is 0 Å². The van der Waals surface area contributed by atoms with Gasteiger partial charge in [-0.1, -0.05) is 190 Å². The Kier molecular flexibility index (Phi) is 25.1. The smallest absolute Gasteiger partial charge is 0.338 e. The average Bonchev–Trinajstić information content (AvgIpc) is 3.44. The standard InChI is InChI=1S/C66H86N4O5/c1-7-11-15-19-23-27-51-45-67-63(68-46-51)57-37-29-53(30-38-57)61(55-33-41-59(42-34-55)65(71)73-49(5)25-21-17-13-9-3)75-62(56-35-43-60(44-36-56)66(72)74-50(6)26-22-18-14-10-4)54-31-39-58(40-32-54)64-69-47-52(48-70-64)28-24-20-16-12-8-2/h29-50,61-62H,7-28H2,1-6H3. The molecule has 4 unspecified atom stereocenters. The van der Waals surface area contributed by atoms with Gasteiger partial charge in [0.15, 0.2) is 11.6 Å². The van der Waals surface area contributed by atoms with Gasteiger partial charge in [-0.2, -0.15) is 0 Å². The molecule has 0 saturated carbocycles. The Labute approximate surface area is 450 Å². The number of hydrogen-bond acceptors (Lipinski definition) is 9. The minimum atomic E-state index is -0.585. The molecule has 0 amide bonds. The molecule has 0 N–H and O–H groups in total. The highest BCUT2D eigenvalue weighted by Crippen LogP contribution is 2.38. The lowest BCUT2D eigenvalue weighted by Crippen LogP contribution is -2.16. The summed E-state index contributed by atoms with van der Waals surface area (Å²) in [6.07, 6.45) is 31.2. The van der Waals surface area contributed by atoms with E-state index in [-0.39, 0.29) is 24.1 Å². The van der Waals surface area contributed by atoms with Crippen LogP contribution in [0, 0.1) is 0 Å². The van der Waals surface area contributed by atoms with E-state index in [4.69, 9.17) is 34.1 Å². The van der Waals surface area contributed by atoms with Crippen molar-refractivity contribution in [2.75, 3.05) is 0 Å². The lowest BCUT2D eigenvalue weighted by molar-refractivity contribution is 0.0298. The lowest BCUT2D eigenvalue weighted by Gasteiger charge is -2.27. The van der Waals surface area contributed by atoms with Crippen LogP contribution in [0.15, 0.2) is 122 Å². The van der Waals surface area contributed by atoms with Crippen LogP contribution in [0.25, 0.3) is 22.8 Å². The summed E-state index contributed by atoms with van der Waals surface area (Å²) >= 11 is 0. The van der Waals surface area contributed by atoms with Crippen LogP contribution in [0.1, 0.15) is 236 Å². The van der Waals surface area contributed by atoms with Crippen LogP contribution in [-0.2, 0) is 27.1 Å². The molecular weight excluding hydrogens is 929 g/mol. The zero-order valence-electron chi connectivity index (χ0n) is 46.2. The van der Waals surface area contributed by atoms with Crippen LogP contribution in [0.3, 0.4) is 0 Å². The quantitative estimate of drug-likeness (QED) is 0.0288. The van der Waals surface area contributed by atoms with Crippen molar-refractivity contribution in [3.05, 3.63) is 166 Å². The number of unbranched alkanes of at least 4 members (excludes halogenated alkanes) is 14. The number of ether oxygens (including phenoxy) is 3. The molecule has 0 spiro atoms. The first-order valence-corrected chi connectivity index (χ1v) is 28.8. The number of benzene rings is 4. The Balaban J connectivity index is 1.30. The number of esters is 2. The maximum Gasteiger partial charge on any atom is 0.338 e. The van der Waals surface area contributed by atoms with Gasteiger partial charge in [0, 0.05) is 35.9 Å². The monoisotopic (exact) mass is 1010 g/mol. The molecule has 6 rings (SSSR count). The normalized spacial score (nSPS) is 13.0. The van der Waals surface area contributed by atoms with Crippen molar-refractivity contribution >= 4 is 11.9 Å². The van der Waals surface area contributed by atoms with Crippen molar-refractivity contribution in [1.82, 2.24) is 19.9 Å². The molecule has 9 nitrogen and oxygen atoms in total. The molecule has 75 heavy (non-hydrogen) atoms. The fraction of sp³-hybridized carbons (Fsp3) is 0.485. The number of carbonyl (C=O) groups excluding carboxylic acids is 2. The topological polar surface area (TPSA) is 113 Å². The van der Waals surface area contributed by atoms with E-state index < -0.39 is 12.2 Å². The Bertz CT molecular complexity index is 2350. The first-order chi connectivity index (χ1) is 36.7. The van der Waals surface area contributed by atoms with Crippen LogP contribution in [0.2, 0.25) is 0 Å². The van der Waals surface area contributed by atoms with Gasteiger partial charge in [-0.25, -0.2) is 29.5 Å². The molecule has 4 aromatic carbocycles. The zero-order chi connectivity index (χ0) is 53.0. The third-order valence-electron chi connectivity index (χ3n) is 14.2. The summed E-state index contributed by atoms with van der Waals surface area (Å²) in [6.45, 7) is 12.8. The van der Waals surface area contributed by atoms with Gasteiger partial charge >= 0.3 is 11.9 Å². The number of carbonyl (C=O) groups is 2. The summed E-state index contributed by atoms with van der Waals surface area (Å²) in [7, 11) is 0. The second-order valence-electron chi connectivity index (χ2n) is 20.7. The summed E-state index contributed by atoms with van der Waals surface area (Å²) in [5.41, 5.74) is 8.63. The first-order valence-electron chi connectivity index (χ1n) is 28.8. The molecular formula is C66H86N4O5. The van der Waals surface area contributed by atoms with Crippen LogP contribution in [-0.4, -0.2) is 44.1 Å². The molecule has 6 aromatic rings. The number of rotatable bonds is 34. The van der Waals surface area contributed by atoms with E-state index in [2.05, 4.69) is 52.0 Å². The molecule has 2 aromatic heterocycles. The highest BCUT2D eigenvalue weighted by Gasteiger charge is 2.26. The van der Waals surface area contributed by atoms with Crippen LogP contribution in [0.4, 0.5) is 0 Å². The summed E-state index contributed by atoms with van der Waals surface area (Å²) in [6, 6.07) is 31.6. The van der Waals surface area contributed by atoms with Crippen molar-refractivity contribution in [3.63, 3.8) is 0 Å². The van der Waals surface area contributed by atoms with E-state index in [0.29, 0.717) is 22.8 Å². The summed E-state index contributed by atoms with van der Waals surface area (Å²) in [5.74, 6) is 0.661. The highest BCUT2D eigenvalue weighted by molar-refractivity contribution is 5.90. The molecule has 0 radical (unpaired) electrons. The average molecular weight is 1020 g/mol. The molecule has 0 fully saturated rings. The fourth-order valence-corrected chi connectivity index (χ4v) is 9.50. The number of aromatic nitrogens is 4. The molecule has 0 saturated heterocycles. The van der Waals surface area contributed by atoms with Gasteiger partial charge in [0.05, 0.1) is 23.3 Å². The highest BCUT2D eigenvalue weighted by atomic mass is 16.5. The van der Waals surface area contributed by atoms with E-state index in [0.717, 1.165) is 122 Å². The first kappa shape index (κ1) is 58.2. The van der Waals surface area contributed by atoms with Crippen molar-refractivity contribution in [2.24, 2.45) is 0 Å². The van der Waals surface area contributed by atoms with E-state index in [1.807, 2.05) is 111 Å². The van der Waals surface area contributed by atoms with Crippen molar-refractivity contribution < 1.29 is 23.8 Å². The minimum Gasteiger partial charge on any atom is -0.459 e. The Morgan fingerprint density at radius 2 is 0.680 bits per heavy atom. The van der Waals surface area contributed by atoms with Gasteiger partial charge in [0.1, 0.15) is 12.2 Å². The van der Waals surface area contributed by atoms with Crippen LogP contribution < -0.4 is 0 Å². The van der Waals surface area contributed by atoms with E-state index in [9.17, 15) is 9.59 Å². The van der Waals surface area contributed by atoms with Crippen molar-refractivity contribution in [2.45, 2.75) is 207 Å². The SMILES string of the molecule is CCCCCCCc1cnc(-c2ccc(C(OC(c3ccc(C(=O)OC(C)CCCCCC)cc3)c3ccc(-c4ncc(CCCCCCC)cn4)cc3)c3ccc(C(=O)OC(C)CCCCCC)cc3)cc2)nc1. The molecule has 0 bridgehead atoms. The number of nitrogens with zero attached hydrogens (tertiary/aromatic N) is 4. The molecule has 0 aliphatic carbocycles. The molecule has 0 aliphatic heterocycles. The van der Waals surface area contributed by atoms with Gasteiger partial charge < -0.3 is 14.2 Å². The van der Waals surface area contributed by atoms with Crippen molar-refractivity contribution in [3.8, 4) is 22.8 Å². The third kappa shape index (κ3) is 19.2. The van der Waals surface area contributed by atoms with Crippen molar-refractivity contribution in [1.29, 1.82) is 0 Å². The van der Waals surface area contributed by atoms with Gasteiger partial charge in [0.25, 0.3) is 0 Å². The zero-order valence-corrected chi connectivity index (χ0v) is 46.2. The van der Waals surface area contributed by atoms with Gasteiger partial charge in [-0.15, -0.1) is 0 Å². The molecule has 4 atom stereocenters. The van der Waals surface area contributed by atoms with Gasteiger partial charge in [0.2, 0.25) is 0 Å². The minimum absolute atomic E-state index is 0.172. The summed E-state index contributed by atoms with van der Waals surface area (Å²) in [5, 5.41) is 0. The Morgan fingerprint density at radius 1 is 0.387 bits per heavy atom. The Morgan fingerprint density at radius 3 is 1.00 bits per heavy atom. The second-order valence-corrected chi connectivity index (χ2v) is 20.7. The van der Waals surface area contributed by atoms with E-state index in [1.54, 1.807) is 0 Å². The number of aryl methyl sites for hydroxylation is 2. The number of hydrogen-bond donors (Lipinski definition) is 0. The maximum atomic E-state index is 13.4. The largest absolute Gasteiger partial charge is 0.459 e. The van der Waals surface area contributed by atoms with Crippen LogP contribution >= 0.6 is 0 Å². The second kappa shape index (κ2) is 32.4. The van der Waals surface area contributed by atoms with Gasteiger partial charge in [-0.05, 0) is 123 Å². The predicted molar refractivity (Wildman–Crippen MR) is 305 cm³/mol. The predicted octanol–water partition coefficient (Wildman–Crippen LogP) is 17.6. The van der Waals surface area contributed by atoms with E-state index in [1.165, 1.54) is 64.2 Å². The molecule has 9 heteroatoms. The molecule has 400 valence electrons. The third-order valence-corrected chi connectivity index (χ3v) is 14.2. The summed E-state index contributed by atoms with van der Waals surface area (Å²) in [4.78, 5) is 46.0. The Hall–Kier alpha value is -6.06. The summed E-state index contributed by atoms with van der Waals surface area (Å²) < 4.78 is 19.2. The fourth-order valence-electron chi connectivity index (χ4n) is 9.50. The van der Waals surface area contributed by atoms with Crippen LogP contribution in [0.5, 0.6) is 0 Å². The maximum absolute atomic E-state index is 13.4. The lowest BCUT2D eigenvalue weighted by atomic mass is 9.95. The van der Waals surface area contributed by atoms with Gasteiger partial charge in [-0.3, -0.25) is 0 Å². The molecule has 0 aliphatic rings. The molecule has 2 heterocycles.